The lowest BCUT2D eigenvalue weighted by Gasteiger charge is -2.31. The van der Waals surface area contributed by atoms with Crippen molar-refractivity contribution in [2.24, 2.45) is 0 Å². The molecule has 29 heavy (non-hydrogen) atoms. The maximum Gasteiger partial charge on any atom is 0.256 e. The van der Waals surface area contributed by atoms with E-state index in [1.165, 1.54) is 11.6 Å². The minimum Gasteiger partial charge on any atom is -0.497 e. The Hall–Kier alpha value is -2.80. The number of benzene rings is 2. The molecule has 0 radical (unpaired) electrons. The highest BCUT2D eigenvalue weighted by Crippen LogP contribution is 2.31. The number of rotatable bonds is 5. The fourth-order valence-electron chi connectivity index (χ4n) is 3.56. The first-order valence-corrected chi connectivity index (χ1v) is 10.4. The SMILES string of the molecule is COc1ccc(Cc2nnc(C3CCN(C(=O)c4ccccc4F)CC3)s2)cc1. The van der Waals surface area contributed by atoms with Crippen LogP contribution in [0.1, 0.15) is 44.7 Å². The number of hydrogen-bond acceptors (Lipinski definition) is 5. The van der Waals surface area contributed by atoms with Gasteiger partial charge in [-0.3, -0.25) is 4.79 Å². The van der Waals surface area contributed by atoms with E-state index in [0.29, 0.717) is 19.0 Å². The fraction of sp³-hybridized carbons (Fsp3) is 0.318. The average Bonchev–Trinajstić information content (AvgIpc) is 3.23. The second kappa shape index (κ2) is 8.69. The normalized spacial score (nSPS) is 14.8. The van der Waals surface area contributed by atoms with Crippen LogP contribution < -0.4 is 4.74 Å². The van der Waals surface area contributed by atoms with Crippen molar-refractivity contribution < 1.29 is 13.9 Å². The number of likely N-dealkylation sites (tertiary alicyclic amines) is 1. The predicted octanol–water partition coefficient (Wildman–Crippen LogP) is 4.30. The van der Waals surface area contributed by atoms with Crippen LogP contribution in [-0.2, 0) is 6.42 Å². The van der Waals surface area contributed by atoms with Gasteiger partial charge >= 0.3 is 0 Å². The number of methoxy groups -OCH3 is 1. The predicted molar refractivity (Wildman–Crippen MR) is 110 cm³/mol. The first-order valence-electron chi connectivity index (χ1n) is 9.63. The van der Waals surface area contributed by atoms with Crippen molar-refractivity contribution in [3.8, 4) is 5.75 Å². The van der Waals surface area contributed by atoms with Gasteiger partial charge in [0, 0.05) is 25.4 Å². The van der Waals surface area contributed by atoms with Gasteiger partial charge in [0.1, 0.15) is 21.6 Å². The number of piperidine rings is 1. The maximum absolute atomic E-state index is 13.9. The Labute approximate surface area is 173 Å². The van der Waals surface area contributed by atoms with E-state index in [1.54, 1.807) is 41.5 Å². The van der Waals surface area contributed by atoms with Crippen molar-refractivity contribution in [3.05, 3.63) is 75.5 Å². The molecule has 0 N–H and O–H groups in total. The summed E-state index contributed by atoms with van der Waals surface area (Å²) in [5, 5.41) is 10.7. The van der Waals surface area contributed by atoms with E-state index in [1.807, 2.05) is 24.3 Å². The minimum absolute atomic E-state index is 0.142. The second-order valence-corrected chi connectivity index (χ2v) is 8.20. The summed E-state index contributed by atoms with van der Waals surface area (Å²) >= 11 is 1.64. The van der Waals surface area contributed by atoms with Crippen LogP contribution in [0.3, 0.4) is 0 Å². The molecule has 7 heteroatoms. The number of nitrogens with zero attached hydrogens (tertiary/aromatic N) is 3. The molecule has 0 spiro atoms. The molecule has 1 amide bonds. The van der Waals surface area contributed by atoms with Crippen LogP contribution in [0.5, 0.6) is 5.75 Å². The van der Waals surface area contributed by atoms with E-state index < -0.39 is 5.82 Å². The molecule has 5 nitrogen and oxygen atoms in total. The Morgan fingerprint density at radius 2 is 1.86 bits per heavy atom. The number of carbonyl (C=O) groups excluding carboxylic acids is 1. The number of aromatic nitrogens is 2. The smallest absolute Gasteiger partial charge is 0.256 e. The molecule has 2 aromatic carbocycles. The quantitative estimate of drug-likeness (QED) is 0.628. The van der Waals surface area contributed by atoms with Crippen LogP contribution in [0.25, 0.3) is 0 Å². The lowest BCUT2D eigenvalue weighted by atomic mass is 9.97. The molecule has 0 saturated carbocycles. The Morgan fingerprint density at radius 3 is 2.55 bits per heavy atom. The van der Waals surface area contributed by atoms with Gasteiger partial charge < -0.3 is 9.64 Å². The van der Waals surface area contributed by atoms with Gasteiger partial charge in [0.15, 0.2) is 0 Å². The number of halogens is 1. The van der Waals surface area contributed by atoms with Gasteiger partial charge in [0.25, 0.3) is 5.91 Å². The van der Waals surface area contributed by atoms with Crippen LogP contribution in [0.4, 0.5) is 4.39 Å². The highest BCUT2D eigenvalue weighted by atomic mass is 32.1. The molecule has 1 fully saturated rings. The van der Waals surface area contributed by atoms with Crippen LogP contribution >= 0.6 is 11.3 Å². The summed E-state index contributed by atoms with van der Waals surface area (Å²) in [6.07, 6.45) is 2.38. The van der Waals surface area contributed by atoms with Gasteiger partial charge in [0.05, 0.1) is 12.7 Å². The van der Waals surface area contributed by atoms with Gasteiger partial charge in [-0.15, -0.1) is 21.5 Å². The Balaban J connectivity index is 1.35. The van der Waals surface area contributed by atoms with E-state index >= 15 is 0 Å². The first-order chi connectivity index (χ1) is 14.1. The molecule has 0 atom stereocenters. The molecule has 0 unspecified atom stereocenters. The highest BCUT2D eigenvalue weighted by molar-refractivity contribution is 7.11. The monoisotopic (exact) mass is 411 g/mol. The Bertz CT molecular complexity index is 982. The topological polar surface area (TPSA) is 55.3 Å². The minimum atomic E-state index is -0.466. The van der Waals surface area contributed by atoms with Crippen molar-refractivity contribution in [2.75, 3.05) is 20.2 Å². The summed E-state index contributed by atoms with van der Waals surface area (Å²) in [7, 11) is 1.65. The van der Waals surface area contributed by atoms with E-state index in [-0.39, 0.29) is 11.5 Å². The van der Waals surface area contributed by atoms with Crippen molar-refractivity contribution >= 4 is 17.2 Å². The van der Waals surface area contributed by atoms with Crippen LogP contribution in [-0.4, -0.2) is 41.2 Å². The van der Waals surface area contributed by atoms with Crippen molar-refractivity contribution in [2.45, 2.75) is 25.2 Å². The third-order valence-electron chi connectivity index (χ3n) is 5.23. The number of carbonyl (C=O) groups is 1. The maximum atomic E-state index is 13.9. The Morgan fingerprint density at radius 1 is 1.14 bits per heavy atom. The fourth-order valence-corrected chi connectivity index (χ4v) is 4.60. The lowest BCUT2D eigenvalue weighted by molar-refractivity contribution is 0.0708. The molecular formula is C22H22FN3O2S. The molecule has 150 valence electrons. The number of ether oxygens (including phenoxy) is 1. The number of hydrogen-bond donors (Lipinski definition) is 0. The molecule has 1 saturated heterocycles. The summed E-state index contributed by atoms with van der Waals surface area (Å²) in [4.78, 5) is 14.3. The van der Waals surface area contributed by atoms with Crippen molar-refractivity contribution in [3.63, 3.8) is 0 Å². The Kier molecular flexibility index (Phi) is 5.85. The molecule has 1 aromatic heterocycles. The van der Waals surface area contributed by atoms with E-state index in [9.17, 15) is 9.18 Å². The van der Waals surface area contributed by atoms with Gasteiger partial charge in [-0.05, 0) is 42.7 Å². The van der Waals surface area contributed by atoms with E-state index in [0.717, 1.165) is 35.0 Å². The van der Waals surface area contributed by atoms with Gasteiger partial charge in [-0.1, -0.05) is 24.3 Å². The van der Waals surface area contributed by atoms with Gasteiger partial charge in [-0.2, -0.15) is 0 Å². The molecule has 2 heterocycles. The van der Waals surface area contributed by atoms with E-state index in [2.05, 4.69) is 10.2 Å². The third-order valence-corrected chi connectivity index (χ3v) is 6.32. The standard InChI is InChI=1S/C22H22FN3O2S/c1-28-17-8-6-15(7-9-17)14-20-24-25-21(29-20)16-10-12-26(13-11-16)22(27)18-4-2-3-5-19(18)23/h2-9,16H,10-14H2,1H3. The highest BCUT2D eigenvalue weighted by Gasteiger charge is 2.27. The molecular weight excluding hydrogens is 389 g/mol. The molecule has 4 rings (SSSR count). The summed E-state index contributed by atoms with van der Waals surface area (Å²) < 4.78 is 19.1. The molecule has 1 aliphatic heterocycles. The van der Waals surface area contributed by atoms with Crippen molar-refractivity contribution in [1.29, 1.82) is 0 Å². The zero-order chi connectivity index (χ0) is 20.2. The zero-order valence-electron chi connectivity index (χ0n) is 16.2. The molecule has 0 bridgehead atoms. The lowest BCUT2D eigenvalue weighted by Crippen LogP contribution is -2.38. The largest absolute Gasteiger partial charge is 0.497 e. The molecule has 0 aliphatic carbocycles. The van der Waals surface area contributed by atoms with Crippen LogP contribution in [0, 0.1) is 5.82 Å². The first kappa shape index (κ1) is 19.5. The second-order valence-electron chi connectivity index (χ2n) is 7.11. The summed E-state index contributed by atoms with van der Waals surface area (Å²) in [6.45, 7) is 1.20. The average molecular weight is 412 g/mol. The van der Waals surface area contributed by atoms with E-state index in [4.69, 9.17) is 4.74 Å². The van der Waals surface area contributed by atoms with Crippen molar-refractivity contribution in [1.82, 2.24) is 15.1 Å². The molecule has 1 aliphatic rings. The zero-order valence-corrected chi connectivity index (χ0v) is 17.0. The van der Waals surface area contributed by atoms with Gasteiger partial charge in [-0.25, -0.2) is 4.39 Å². The summed E-state index contributed by atoms with van der Waals surface area (Å²) in [5.74, 6) is 0.427. The third kappa shape index (κ3) is 4.45. The number of amides is 1. The summed E-state index contributed by atoms with van der Waals surface area (Å²) in [6, 6.07) is 14.1. The van der Waals surface area contributed by atoms with Gasteiger partial charge in [0.2, 0.25) is 0 Å². The molecule has 3 aromatic rings. The van der Waals surface area contributed by atoms with Crippen LogP contribution in [0.15, 0.2) is 48.5 Å². The summed E-state index contributed by atoms with van der Waals surface area (Å²) in [5.41, 5.74) is 1.31. The van der Waals surface area contributed by atoms with Crippen LogP contribution in [0.2, 0.25) is 0 Å².